The minimum absolute atomic E-state index is 0.224. The van der Waals surface area contributed by atoms with Gasteiger partial charge in [0.05, 0.1) is 4.47 Å². The van der Waals surface area contributed by atoms with Gasteiger partial charge in [-0.3, -0.25) is 0 Å². The average molecular weight is 235 g/mol. The maximum Gasteiger partial charge on any atom is 0.348 e. The molecule has 1 heterocycles. The summed E-state index contributed by atoms with van der Waals surface area (Å²) < 4.78 is 2.29. The summed E-state index contributed by atoms with van der Waals surface area (Å²) in [5.41, 5.74) is -0.224. The molecule has 0 radical (unpaired) electrons. The maximum absolute atomic E-state index is 11.0. The van der Waals surface area contributed by atoms with Gasteiger partial charge in [0, 0.05) is 13.2 Å². The van der Waals surface area contributed by atoms with Gasteiger partial charge >= 0.3 is 5.69 Å². The molecule has 0 atom stereocenters. The van der Waals surface area contributed by atoms with E-state index in [1.54, 1.807) is 13.2 Å². The van der Waals surface area contributed by atoms with E-state index >= 15 is 0 Å². The summed E-state index contributed by atoms with van der Waals surface area (Å²) >= 11 is 4.75. The third-order valence-corrected chi connectivity index (χ3v) is 2.74. The number of aromatic nitrogens is 2. The molecule has 1 rings (SSSR count). The van der Waals surface area contributed by atoms with Crippen molar-refractivity contribution in [3.8, 4) is 0 Å². The molecular weight excluding hydrogens is 228 g/mol. The van der Waals surface area contributed by atoms with E-state index in [0.717, 1.165) is 9.50 Å². The van der Waals surface area contributed by atoms with Gasteiger partial charge in [0.2, 0.25) is 0 Å². The summed E-state index contributed by atoms with van der Waals surface area (Å²) in [6.07, 6.45) is 3.59. The number of nitrogens with zero attached hydrogens (tertiary/aromatic N) is 2. The Morgan fingerprint density at radius 3 is 2.91 bits per heavy atom. The minimum Gasteiger partial charge on any atom is -0.301 e. The van der Waals surface area contributed by atoms with Crippen LogP contribution in [0.3, 0.4) is 0 Å². The maximum atomic E-state index is 11.0. The molecule has 0 aliphatic carbocycles. The largest absolute Gasteiger partial charge is 0.348 e. The number of aryl methyl sites for hydroxylation is 1. The zero-order valence-electron chi connectivity index (χ0n) is 6.17. The summed E-state index contributed by atoms with van der Waals surface area (Å²) in [7, 11) is 1.67. The van der Waals surface area contributed by atoms with E-state index in [1.807, 2.05) is 6.26 Å². The Balaban J connectivity index is 3.32. The van der Waals surface area contributed by atoms with Crippen LogP contribution in [-0.2, 0) is 7.05 Å². The van der Waals surface area contributed by atoms with Gasteiger partial charge in [0.1, 0.15) is 5.03 Å². The lowest BCUT2D eigenvalue weighted by Gasteiger charge is -2.00. The topological polar surface area (TPSA) is 34.9 Å². The molecule has 0 aromatic carbocycles. The molecule has 0 fully saturated rings. The predicted molar refractivity (Wildman–Crippen MR) is 49.0 cm³/mol. The molecule has 60 valence electrons. The molecule has 0 bridgehead atoms. The van der Waals surface area contributed by atoms with Crippen LogP contribution in [0.4, 0.5) is 0 Å². The Kier molecular flexibility index (Phi) is 2.72. The van der Waals surface area contributed by atoms with Gasteiger partial charge in [-0.25, -0.2) is 4.79 Å². The third kappa shape index (κ3) is 1.84. The van der Waals surface area contributed by atoms with E-state index < -0.39 is 0 Å². The van der Waals surface area contributed by atoms with Crippen molar-refractivity contribution in [3.63, 3.8) is 0 Å². The standard InChI is InChI=1S/C6H7BrN2OS/c1-9-3-4(7)5(11-2)8-6(9)10/h3H,1-2H3. The van der Waals surface area contributed by atoms with Crippen molar-refractivity contribution >= 4 is 27.7 Å². The first-order valence-corrected chi connectivity index (χ1v) is 4.94. The van der Waals surface area contributed by atoms with E-state index in [0.29, 0.717) is 0 Å². The molecule has 0 saturated heterocycles. The van der Waals surface area contributed by atoms with Crippen LogP contribution in [-0.4, -0.2) is 15.8 Å². The van der Waals surface area contributed by atoms with Crippen molar-refractivity contribution in [2.45, 2.75) is 5.03 Å². The summed E-state index contributed by atoms with van der Waals surface area (Å²) in [4.78, 5) is 14.8. The molecule has 5 heteroatoms. The Bertz CT molecular complexity index is 323. The normalized spacial score (nSPS) is 10.1. The molecule has 0 spiro atoms. The third-order valence-electron chi connectivity index (χ3n) is 1.20. The monoisotopic (exact) mass is 234 g/mol. The quantitative estimate of drug-likeness (QED) is 0.543. The van der Waals surface area contributed by atoms with Crippen LogP contribution < -0.4 is 5.69 Å². The molecule has 0 amide bonds. The second kappa shape index (κ2) is 3.40. The van der Waals surface area contributed by atoms with Gasteiger partial charge in [-0.15, -0.1) is 11.8 Å². The van der Waals surface area contributed by atoms with Crippen molar-refractivity contribution < 1.29 is 0 Å². The Hall–Kier alpha value is -0.290. The molecule has 0 aliphatic heterocycles. The van der Waals surface area contributed by atoms with Gasteiger partial charge in [0.15, 0.2) is 0 Å². The van der Waals surface area contributed by atoms with Crippen LogP contribution in [0.2, 0.25) is 0 Å². The van der Waals surface area contributed by atoms with E-state index in [2.05, 4.69) is 20.9 Å². The van der Waals surface area contributed by atoms with Crippen LogP contribution in [0.1, 0.15) is 0 Å². The van der Waals surface area contributed by atoms with Gasteiger partial charge < -0.3 is 4.57 Å². The lowest BCUT2D eigenvalue weighted by Crippen LogP contribution is -2.19. The van der Waals surface area contributed by atoms with Gasteiger partial charge in [-0.1, -0.05) is 0 Å². The molecular formula is C6H7BrN2OS. The Labute approximate surface area is 77.0 Å². The van der Waals surface area contributed by atoms with Crippen molar-refractivity contribution in [2.24, 2.45) is 7.05 Å². The second-order valence-corrected chi connectivity index (χ2v) is 3.64. The second-order valence-electron chi connectivity index (χ2n) is 1.99. The Morgan fingerprint density at radius 1 is 1.73 bits per heavy atom. The van der Waals surface area contributed by atoms with Crippen LogP contribution in [0.5, 0.6) is 0 Å². The number of hydrogen-bond acceptors (Lipinski definition) is 3. The highest BCUT2D eigenvalue weighted by Crippen LogP contribution is 2.20. The number of rotatable bonds is 1. The average Bonchev–Trinajstić information content (AvgIpc) is 1.97. The van der Waals surface area contributed by atoms with Crippen LogP contribution in [0.15, 0.2) is 20.5 Å². The molecule has 0 unspecified atom stereocenters. The van der Waals surface area contributed by atoms with E-state index in [4.69, 9.17) is 0 Å². The zero-order chi connectivity index (χ0) is 8.43. The van der Waals surface area contributed by atoms with E-state index in [1.165, 1.54) is 16.3 Å². The number of thioether (sulfide) groups is 1. The summed E-state index contributed by atoms with van der Waals surface area (Å²) in [6, 6.07) is 0. The van der Waals surface area contributed by atoms with Gasteiger partial charge in [0.25, 0.3) is 0 Å². The summed E-state index contributed by atoms with van der Waals surface area (Å²) in [6.45, 7) is 0. The van der Waals surface area contributed by atoms with Gasteiger partial charge in [-0.05, 0) is 22.2 Å². The first-order chi connectivity index (χ1) is 5.15. The predicted octanol–water partition coefficient (Wildman–Crippen LogP) is 1.26. The summed E-state index contributed by atoms with van der Waals surface area (Å²) in [5.74, 6) is 0. The molecule has 0 N–H and O–H groups in total. The van der Waals surface area contributed by atoms with Crippen molar-refractivity contribution in [3.05, 3.63) is 21.2 Å². The number of hydrogen-bond donors (Lipinski definition) is 0. The lowest BCUT2D eigenvalue weighted by molar-refractivity contribution is 0.773. The van der Waals surface area contributed by atoms with Crippen LogP contribution in [0, 0.1) is 0 Å². The molecule has 3 nitrogen and oxygen atoms in total. The first-order valence-electron chi connectivity index (χ1n) is 2.92. The minimum atomic E-state index is -0.224. The molecule has 1 aromatic rings. The Morgan fingerprint density at radius 2 is 2.36 bits per heavy atom. The zero-order valence-corrected chi connectivity index (χ0v) is 8.57. The fourth-order valence-electron chi connectivity index (χ4n) is 0.643. The van der Waals surface area contributed by atoms with Crippen molar-refractivity contribution in [1.82, 2.24) is 9.55 Å². The van der Waals surface area contributed by atoms with E-state index in [9.17, 15) is 4.79 Å². The van der Waals surface area contributed by atoms with Gasteiger partial charge in [-0.2, -0.15) is 4.98 Å². The number of halogens is 1. The van der Waals surface area contributed by atoms with Crippen molar-refractivity contribution in [2.75, 3.05) is 6.26 Å². The molecule has 1 aromatic heterocycles. The van der Waals surface area contributed by atoms with Crippen LogP contribution in [0.25, 0.3) is 0 Å². The summed E-state index contributed by atoms with van der Waals surface area (Å²) in [5, 5.41) is 0.730. The lowest BCUT2D eigenvalue weighted by atomic mass is 10.6. The van der Waals surface area contributed by atoms with E-state index in [-0.39, 0.29) is 5.69 Å². The molecule has 0 aliphatic rings. The fourth-order valence-corrected chi connectivity index (χ4v) is 1.94. The SMILES string of the molecule is CSc1nc(=O)n(C)cc1Br. The highest BCUT2D eigenvalue weighted by atomic mass is 79.9. The smallest absolute Gasteiger partial charge is 0.301 e. The van der Waals surface area contributed by atoms with Crippen LogP contribution >= 0.6 is 27.7 Å². The highest BCUT2D eigenvalue weighted by Gasteiger charge is 2.01. The molecule has 11 heavy (non-hydrogen) atoms. The molecule has 0 saturated carbocycles. The fraction of sp³-hybridized carbons (Fsp3) is 0.333. The highest BCUT2D eigenvalue weighted by molar-refractivity contribution is 9.10. The van der Waals surface area contributed by atoms with Crippen molar-refractivity contribution in [1.29, 1.82) is 0 Å². The first kappa shape index (κ1) is 8.80.